The molecule has 0 aromatic heterocycles. The lowest BCUT2D eigenvalue weighted by atomic mass is 10.1. The summed E-state index contributed by atoms with van der Waals surface area (Å²) in [7, 11) is 0. The lowest BCUT2D eigenvalue weighted by Gasteiger charge is -2.21. The van der Waals surface area contributed by atoms with Gasteiger partial charge in [-0.05, 0) is 43.7 Å². The minimum absolute atomic E-state index is 0.0597. The zero-order valence-corrected chi connectivity index (χ0v) is 11.7. The highest BCUT2D eigenvalue weighted by atomic mass is 16.2. The fraction of sp³-hybridized carbons (Fsp3) is 0.176. The van der Waals surface area contributed by atoms with Crippen molar-refractivity contribution < 1.29 is 9.59 Å². The Bertz CT molecular complexity index is 617. The molecule has 0 fully saturated rings. The van der Waals surface area contributed by atoms with Crippen LogP contribution >= 0.6 is 0 Å². The second-order valence-electron chi connectivity index (χ2n) is 4.63. The number of rotatable bonds is 4. The molecule has 0 aliphatic rings. The molecular formula is C17H17NO2. The van der Waals surface area contributed by atoms with Crippen molar-refractivity contribution in [2.24, 2.45) is 0 Å². The third kappa shape index (κ3) is 2.94. The van der Waals surface area contributed by atoms with Gasteiger partial charge in [0.1, 0.15) is 6.29 Å². The van der Waals surface area contributed by atoms with Gasteiger partial charge in [-0.25, -0.2) is 0 Å². The fourth-order valence-corrected chi connectivity index (χ4v) is 2.10. The maximum atomic E-state index is 12.5. The lowest BCUT2D eigenvalue weighted by molar-refractivity contribution is 0.0987. The molecule has 2 aromatic rings. The number of benzene rings is 2. The standard InChI is InChI=1S/C17H17NO2/c1-3-18(16-6-4-5-13(2)11-16)17(20)15-9-7-14(12-19)8-10-15/h4-12H,3H2,1-2H3. The molecule has 0 atom stereocenters. The van der Waals surface area contributed by atoms with Crippen molar-refractivity contribution in [2.75, 3.05) is 11.4 Å². The quantitative estimate of drug-likeness (QED) is 0.795. The maximum Gasteiger partial charge on any atom is 0.258 e. The van der Waals surface area contributed by atoms with Crippen LogP contribution in [0.15, 0.2) is 48.5 Å². The van der Waals surface area contributed by atoms with Crippen LogP contribution in [0.25, 0.3) is 0 Å². The Kier molecular flexibility index (Phi) is 4.31. The minimum Gasteiger partial charge on any atom is -0.309 e. The molecule has 0 heterocycles. The van der Waals surface area contributed by atoms with Crippen LogP contribution in [0.3, 0.4) is 0 Å². The number of aryl methyl sites for hydroxylation is 1. The Morgan fingerprint density at radius 2 is 1.85 bits per heavy atom. The first kappa shape index (κ1) is 14.0. The van der Waals surface area contributed by atoms with Gasteiger partial charge in [0.05, 0.1) is 0 Å². The molecule has 3 nitrogen and oxygen atoms in total. The van der Waals surface area contributed by atoms with E-state index in [0.29, 0.717) is 17.7 Å². The van der Waals surface area contributed by atoms with E-state index in [2.05, 4.69) is 0 Å². The summed E-state index contributed by atoms with van der Waals surface area (Å²) in [6, 6.07) is 14.5. The van der Waals surface area contributed by atoms with Crippen LogP contribution in [0.4, 0.5) is 5.69 Å². The van der Waals surface area contributed by atoms with Gasteiger partial charge >= 0.3 is 0 Å². The lowest BCUT2D eigenvalue weighted by Crippen LogP contribution is -2.30. The number of aldehydes is 1. The SMILES string of the molecule is CCN(C(=O)c1ccc(C=O)cc1)c1cccc(C)c1. The second-order valence-corrected chi connectivity index (χ2v) is 4.63. The van der Waals surface area contributed by atoms with Crippen LogP contribution in [0.5, 0.6) is 0 Å². The Hall–Kier alpha value is -2.42. The Balaban J connectivity index is 2.30. The van der Waals surface area contributed by atoms with Crippen LogP contribution in [-0.4, -0.2) is 18.7 Å². The molecule has 2 rings (SSSR count). The third-order valence-corrected chi connectivity index (χ3v) is 3.17. The number of carbonyl (C=O) groups excluding carboxylic acids is 2. The van der Waals surface area contributed by atoms with Crippen molar-refractivity contribution in [2.45, 2.75) is 13.8 Å². The van der Waals surface area contributed by atoms with E-state index in [9.17, 15) is 9.59 Å². The van der Waals surface area contributed by atoms with Gasteiger partial charge < -0.3 is 4.90 Å². The molecule has 0 radical (unpaired) electrons. The molecule has 0 unspecified atom stereocenters. The molecule has 0 spiro atoms. The summed E-state index contributed by atoms with van der Waals surface area (Å²) in [5, 5.41) is 0. The average Bonchev–Trinajstić information content (AvgIpc) is 2.48. The maximum absolute atomic E-state index is 12.5. The first-order valence-corrected chi connectivity index (χ1v) is 6.59. The second kappa shape index (κ2) is 6.15. The smallest absolute Gasteiger partial charge is 0.258 e. The zero-order valence-electron chi connectivity index (χ0n) is 11.7. The summed E-state index contributed by atoms with van der Waals surface area (Å²) < 4.78 is 0. The van der Waals surface area contributed by atoms with Gasteiger partial charge in [-0.15, -0.1) is 0 Å². The minimum atomic E-state index is -0.0597. The monoisotopic (exact) mass is 267 g/mol. The number of hydrogen-bond acceptors (Lipinski definition) is 2. The highest BCUT2D eigenvalue weighted by Crippen LogP contribution is 2.18. The fourth-order valence-electron chi connectivity index (χ4n) is 2.10. The van der Waals surface area contributed by atoms with Crippen LogP contribution in [0, 0.1) is 6.92 Å². The van der Waals surface area contributed by atoms with Crippen molar-refractivity contribution >= 4 is 17.9 Å². The van der Waals surface area contributed by atoms with E-state index < -0.39 is 0 Å². The number of amides is 1. The Labute approximate surface area is 118 Å². The van der Waals surface area contributed by atoms with Gasteiger partial charge in [-0.1, -0.05) is 24.3 Å². The topological polar surface area (TPSA) is 37.4 Å². The molecule has 0 aliphatic carbocycles. The molecule has 0 bridgehead atoms. The highest BCUT2D eigenvalue weighted by molar-refractivity contribution is 6.06. The first-order chi connectivity index (χ1) is 9.65. The summed E-state index contributed by atoms with van der Waals surface area (Å²) in [5.41, 5.74) is 3.15. The zero-order chi connectivity index (χ0) is 14.5. The van der Waals surface area contributed by atoms with Crippen molar-refractivity contribution in [3.63, 3.8) is 0 Å². The van der Waals surface area contributed by atoms with Gasteiger partial charge in [0.2, 0.25) is 0 Å². The van der Waals surface area contributed by atoms with Gasteiger partial charge in [0.25, 0.3) is 5.91 Å². The predicted molar refractivity (Wildman–Crippen MR) is 80.4 cm³/mol. The Morgan fingerprint density at radius 3 is 2.40 bits per heavy atom. The van der Waals surface area contributed by atoms with E-state index in [1.54, 1.807) is 29.2 Å². The molecule has 1 amide bonds. The molecule has 3 heteroatoms. The first-order valence-electron chi connectivity index (χ1n) is 6.59. The summed E-state index contributed by atoms with van der Waals surface area (Å²) in [6.45, 7) is 4.54. The normalized spacial score (nSPS) is 10.1. The van der Waals surface area contributed by atoms with Gasteiger partial charge in [0.15, 0.2) is 0 Å². The molecule has 2 aromatic carbocycles. The van der Waals surface area contributed by atoms with E-state index >= 15 is 0 Å². The van der Waals surface area contributed by atoms with Gasteiger partial charge in [0, 0.05) is 23.4 Å². The van der Waals surface area contributed by atoms with Gasteiger partial charge in [-0.3, -0.25) is 9.59 Å². The van der Waals surface area contributed by atoms with E-state index in [-0.39, 0.29) is 5.91 Å². The van der Waals surface area contributed by atoms with E-state index in [1.165, 1.54) is 0 Å². The Morgan fingerprint density at radius 1 is 1.15 bits per heavy atom. The number of nitrogens with zero attached hydrogens (tertiary/aromatic N) is 1. The molecular weight excluding hydrogens is 250 g/mol. The van der Waals surface area contributed by atoms with Crippen molar-refractivity contribution in [1.29, 1.82) is 0 Å². The predicted octanol–water partition coefficient (Wildman–Crippen LogP) is 3.47. The molecule has 102 valence electrons. The summed E-state index contributed by atoms with van der Waals surface area (Å²) >= 11 is 0. The van der Waals surface area contributed by atoms with E-state index in [1.807, 2.05) is 38.1 Å². The van der Waals surface area contributed by atoms with Gasteiger partial charge in [-0.2, -0.15) is 0 Å². The number of carbonyl (C=O) groups is 2. The van der Waals surface area contributed by atoms with Crippen LogP contribution in [-0.2, 0) is 0 Å². The largest absolute Gasteiger partial charge is 0.309 e. The van der Waals surface area contributed by atoms with Crippen LogP contribution in [0.1, 0.15) is 33.2 Å². The molecule has 20 heavy (non-hydrogen) atoms. The van der Waals surface area contributed by atoms with E-state index in [4.69, 9.17) is 0 Å². The highest BCUT2D eigenvalue weighted by Gasteiger charge is 2.15. The summed E-state index contributed by atoms with van der Waals surface area (Å²) in [6.07, 6.45) is 0.770. The molecule has 0 aliphatic heterocycles. The van der Waals surface area contributed by atoms with Crippen LogP contribution in [0.2, 0.25) is 0 Å². The number of hydrogen-bond donors (Lipinski definition) is 0. The van der Waals surface area contributed by atoms with Crippen LogP contribution < -0.4 is 4.90 Å². The number of anilines is 1. The average molecular weight is 267 g/mol. The van der Waals surface area contributed by atoms with Crippen molar-refractivity contribution in [1.82, 2.24) is 0 Å². The van der Waals surface area contributed by atoms with Crippen molar-refractivity contribution in [3.05, 3.63) is 65.2 Å². The molecule has 0 saturated carbocycles. The summed E-state index contributed by atoms with van der Waals surface area (Å²) in [4.78, 5) is 24.9. The molecule has 0 N–H and O–H groups in total. The third-order valence-electron chi connectivity index (χ3n) is 3.17. The van der Waals surface area contributed by atoms with Crippen molar-refractivity contribution in [3.8, 4) is 0 Å². The summed E-state index contributed by atoms with van der Waals surface area (Å²) in [5.74, 6) is -0.0597. The van der Waals surface area contributed by atoms with E-state index in [0.717, 1.165) is 17.5 Å². The molecule has 0 saturated heterocycles.